The molecule has 1 amide bonds. The fraction of sp³-hybridized carbons (Fsp3) is 0.312. The van der Waals surface area contributed by atoms with Crippen LogP contribution in [0.5, 0.6) is 5.75 Å². The molecule has 0 radical (unpaired) electrons. The minimum absolute atomic E-state index is 0.0235. The second kappa shape index (κ2) is 6.80. The summed E-state index contributed by atoms with van der Waals surface area (Å²) in [5.41, 5.74) is 1.96. The summed E-state index contributed by atoms with van der Waals surface area (Å²) in [5.74, 6) is 0.838. The van der Waals surface area contributed by atoms with Crippen LogP contribution < -0.4 is 10.1 Å². The molecule has 0 spiro atoms. The average Bonchev–Trinajstić information content (AvgIpc) is 2.84. The fourth-order valence-electron chi connectivity index (χ4n) is 2.02. The van der Waals surface area contributed by atoms with Gasteiger partial charge >= 0.3 is 0 Å². The summed E-state index contributed by atoms with van der Waals surface area (Å²) in [6, 6.07) is 11.4. The second-order valence-electron chi connectivity index (χ2n) is 4.62. The first kappa shape index (κ1) is 14.2. The number of rotatable bonds is 6. The van der Waals surface area contributed by atoms with Crippen LogP contribution in [0.1, 0.15) is 19.0 Å². The van der Waals surface area contributed by atoms with Gasteiger partial charge in [-0.25, -0.2) is 0 Å². The van der Waals surface area contributed by atoms with Gasteiger partial charge in [0, 0.05) is 31.0 Å². The van der Waals surface area contributed by atoms with Crippen molar-refractivity contribution in [2.45, 2.75) is 19.8 Å². The molecule has 0 saturated carbocycles. The SMILES string of the molecule is CCOc1ccc(NC(=O)CCc2cccn2C)cc1. The molecule has 0 aliphatic rings. The number of hydrogen-bond acceptors (Lipinski definition) is 2. The van der Waals surface area contributed by atoms with Crippen molar-refractivity contribution in [2.24, 2.45) is 7.05 Å². The number of anilines is 1. The van der Waals surface area contributed by atoms with Crippen LogP contribution in [-0.4, -0.2) is 17.1 Å². The van der Waals surface area contributed by atoms with Gasteiger partial charge in [0.05, 0.1) is 6.61 Å². The van der Waals surface area contributed by atoms with Crippen LogP contribution in [0.15, 0.2) is 42.6 Å². The van der Waals surface area contributed by atoms with Crippen molar-refractivity contribution in [3.05, 3.63) is 48.3 Å². The van der Waals surface area contributed by atoms with E-state index in [1.54, 1.807) is 0 Å². The van der Waals surface area contributed by atoms with Crippen LogP contribution in [-0.2, 0) is 18.3 Å². The Labute approximate surface area is 119 Å². The zero-order valence-corrected chi connectivity index (χ0v) is 11.9. The predicted molar refractivity (Wildman–Crippen MR) is 80.0 cm³/mol. The molecule has 0 fully saturated rings. The third-order valence-corrected chi connectivity index (χ3v) is 3.11. The number of hydrogen-bond donors (Lipinski definition) is 1. The van der Waals surface area contributed by atoms with Gasteiger partial charge < -0.3 is 14.6 Å². The number of benzene rings is 1. The van der Waals surface area contributed by atoms with Crippen LogP contribution in [0.3, 0.4) is 0 Å². The molecule has 2 rings (SSSR count). The minimum atomic E-state index is 0.0235. The number of aryl methyl sites for hydroxylation is 2. The van der Waals surface area contributed by atoms with Gasteiger partial charge in [0.1, 0.15) is 5.75 Å². The molecule has 4 heteroatoms. The topological polar surface area (TPSA) is 43.3 Å². The van der Waals surface area contributed by atoms with Gasteiger partial charge in [-0.05, 0) is 49.7 Å². The van der Waals surface area contributed by atoms with Gasteiger partial charge in [-0.3, -0.25) is 4.79 Å². The van der Waals surface area contributed by atoms with Crippen LogP contribution in [0, 0.1) is 0 Å². The van der Waals surface area contributed by atoms with Crippen LogP contribution in [0.25, 0.3) is 0 Å². The largest absolute Gasteiger partial charge is 0.494 e. The first-order valence-electron chi connectivity index (χ1n) is 6.82. The summed E-state index contributed by atoms with van der Waals surface area (Å²) in [6.07, 6.45) is 3.21. The molecule has 0 unspecified atom stereocenters. The number of amides is 1. The highest BCUT2D eigenvalue weighted by molar-refractivity contribution is 5.90. The van der Waals surface area contributed by atoms with Crippen molar-refractivity contribution in [1.29, 1.82) is 0 Å². The summed E-state index contributed by atoms with van der Waals surface area (Å²) in [5, 5.41) is 2.89. The molecular weight excluding hydrogens is 252 g/mol. The van der Waals surface area contributed by atoms with Gasteiger partial charge in [-0.2, -0.15) is 0 Å². The van der Waals surface area contributed by atoms with Gasteiger partial charge in [0.15, 0.2) is 0 Å². The first-order valence-corrected chi connectivity index (χ1v) is 6.82. The molecule has 106 valence electrons. The minimum Gasteiger partial charge on any atom is -0.494 e. The Morgan fingerprint density at radius 2 is 2.00 bits per heavy atom. The number of aromatic nitrogens is 1. The van der Waals surface area contributed by atoms with Crippen LogP contribution in [0.2, 0.25) is 0 Å². The Balaban J connectivity index is 1.83. The maximum Gasteiger partial charge on any atom is 0.224 e. The zero-order valence-electron chi connectivity index (χ0n) is 11.9. The number of carbonyl (C=O) groups is 1. The lowest BCUT2D eigenvalue weighted by atomic mass is 10.2. The van der Waals surface area contributed by atoms with Crippen molar-refractivity contribution < 1.29 is 9.53 Å². The van der Waals surface area contributed by atoms with Gasteiger partial charge in [-0.15, -0.1) is 0 Å². The molecule has 1 aromatic heterocycles. The van der Waals surface area contributed by atoms with Crippen molar-refractivity contribution in [3.63, 3.8) is 0 Å². The van der Waals surface area contributed by atoms with E-state index in [1.165, 1.54) is 0 Å². The van der Waals surface area contributed by atoms with E-state index in [2.05, 4.69) is 5.32 Å². The average molecular weight is 272 g/mol. The van der Waals surface area contributed by atoms with E-state index in [0.717, 1.165) is 23.6 Å². The van der Waals surface area contributed by atoms with Gasteiger partial charge in [0.2, 0.25) is 5.91 Å². The second-order valence-corrected chi connectivity index (χ2v) is 4.62. The number of nitrogens with zero attached hydrogens (tertiary/aromatic N) is 1. The molecule has 4 nitrogen and oxygen atoms in total. The predicted octanol–water partition coefficient (Wildman–Crippen LogP) is 3.00. The smallest absolute Gasteiger partial charge is 0.224 e. The molecule has 0 aliphatic carbocycles. The zero-order chi connectivity index (χ0) is 14.4. The van der Waals surface area contributed by atoms with E-state index < -0.39 is 0 Å². The lowest BCUT2D eigenvalue weighted by Gasteiger charge is -2.07. The third kappa shape index (κ3) is 3.88. The van der Waals surface area contributed by atoms with E-state index in [9.17, 15) is 4.79 Å². The summed E-state index contributed by atoms with van der Waals surface area (Å²) in [7, 11) is 1.99. The molecule has 2 aromatic rings. The Morgan fingerprint density at radius 1 is 1.25 bits per heavy atom. The summed E-state index contributed by atoms with van der Waals surface area (Å²) >= 11 is 0. The van der Waals surface area contributed by atoms with Crippen LogP contribution in [0.4, 0.5) is 5.69 Å². The lowest BCUT2D eigenvalue weighted by molar-refractivity contribution is -0.116. The Morgan fingerprint density at radius 3 is 2.60 bits per heavy atom. The van der Waals surface area contributed by atoms with Crippen LogP contribution >= 0.6 is 0 Å². The maximum atomic E-state index is 11.9. The highest BCUT2D eigenvalue weighted by atomic mass is 16.5. The Bertz CT molecular complexity index is 558. The third-order valence-electron chi connectivity index (χ3n) is 3.11. The molecule has 0 bridgehead atoms. The lowest BCUT2D eigenvalue weighted by Crippen LogP contribution is -2.13. The molecule has 1 aromatic carbocycles. The standard InChI is InChI=1S/C16H20N2O2/c1-3-20-15-9-6-13(7-10-15)17-16(19)11-8-14-5-4-12-18(14)2/h4-7,9-10,12H,3,8,11H2,1-2H3,(H,17,19). The Kier molecular flexibility index (Phi) is 4.82. The highest BCUT2D eigenvalue weighted by Gasteiger charge is 2.05. The molecule has 0 aliphatic heterocycles. The molecular formula is C16H20N2O2. The molecule has 0 atom stereocenters. The molecule has 20 heavy (non-hydrogen) atoms. The quantitative estimate of drug-likeness (QED) is 0.878. The number of ether oxygens (including phenoxy) is 1. The molecule has 1 N–H and O–H groups in total. The highest BCUT2D eigenvalue weighted by Crippen LogP contribution is 2.16. The fourth-order valence-corrected chi connectivity index (χ4v) is 2.02. The van der Waals surface area contributed by atoms with Gasteiger partial charge in [0.25, 0.3) is 0 Å². The van der Waals surface area contributed by atoms with Crippen molar-refractivity contribution in [3.8, 4) is 5.75 Å². The number of carbonyl (C=O) groups excluding carboxylic acids is 1. The van der Waals surface area contributed by atoms with E-state index in [4.69, 9.17) is 4.74 Å². The summed E-state index contributed by atoms with van der Waals surface area (Å²) < 4.78 is 7.39. The summed E-state index contributed by atoms with van der Waals surface area (Å²) in [4.78, 5) is 11.9. The number of nitrogens with one attached hydrogen (secondary N) is 1. The van der Waals surface area contributed by atoms with Gasteiger partial charge in [-0.1, -0.05) is 0 Å². The normalized spacial score (nSPS) is 10.3. The van der Waals surface area contributed by atoms with Crippen molar-refractivity contribution in [1.82, 2.24) is 4.57 Å². The monoisotopic (exact) mass is 272 g/mol. The van der Waals surface area contributed by atoms with E-state index in [1.807, 2.05) is 61.1 Å². The van der Waals surface area contributed by atoms with E-state index in [0.29, 0.717) is 13.0 Å². The van der Waals surface area contributed by atoms with E-state index >= 15 is 0 Å². The van der Waals surface area contributed by atoms with Crippen molar-refractivity contribution in [2.75, 3.05) is 11.9 Å². The molecule has 1 heterocycles. The van der Waals surface area contributed by atoms with Crippen molar-refractivity contribution >= 4 is 11.6 Å². The van der Waals surface area contributed by atoms with E-state index in [-0.39, 0.29) is 5.91 Å². The summed E-state index contributed by atoms with van der Waals surface area (Å²) in [6.45, 7) is 2.58. The maximum absolute atomic E-state index is 11.9. The molecule has 0 saturated heterocycles. The first-order chi connectivity index (χ1) is 9.69. The Hall–Kier alpha value is -2.23.